The van der Waals surface area contributed by atoms with E-state index in [-0.39, 0.29) is 0 Å². The van der Waals surface area contributed by atoms with Crippen LogP contribution in [0.25, 0.3) is 0 Å². The molecule has 0 bridgehead atoms. The topological polar surface area (TPSA) is 18.5 Å². The fraction of sp³-hybridized carbons (Fsp3) is 0.733. The van der Waals surface area contributed by atoms with Gasteiger partial charge in [0.15, 0.2) is 0 Å². The van der Waals surface area contributed by atoms with Crippen molar-refractivity contribution in [1.82, 2.24) is 15.1 Å². The SMILES string of the molecule is CCCN1CCN(CCNC(C)c2cccs2)CC1. The lowest BCUT2D eigenvalue weighted by Gasteiger charge is -2.34. The third kappa shape index (κ3) is 4.88. The summed E-state index contributed by atoms with van der Waals surface area (Å²) in [4.78, 5) is 6.60. The molecule has 0 aliphatic carbocycles. The van der Waals surface area contributed by atoms with E-state index in [0.29, 0.717) is 6.04 Å². The monoisotopic (exact) mass is 281 g/mol. The Bertz CT molecular complexity index is 331. The molecule has 1 fully saturated rings. The van der Waals surface area contributed by atoms with Crippen LogP contribution in [0.1, 0.15) is 31.2 Å². The van der Waals surface area contributed by atoms with E-state index in [4.69, 9.17) is 0 Å². The molecule has 0 spiro atoms. The highest BCUT2D eigenvalue weighted by atomic mass is 32.1. The first-order valence-corrected chi connectivity index (χ1v) is 8.39. The van der Waals surface area contributed by atoms with Gasteiger partial charge in [-0.3, -0.25) is 4.90 Å². The third-order valence-corrected chi connectivity index (χ3v) is 4.91. The quantitative estimate of drug-likeness (QED) is 0.828. The molecule has 108 valence electrons. The Hall–Kier alpha value is -0.420. The maximum absolute atomic E-state index is 3.62. The van der Waals surface area contributed by atoms with Crippen molar-refractivity contribution < 1.29 is 0 Å². The number of rotatable bonds is 7. The smallest absolute Gasteiger partial charge is 0.0386 e. The molecule has 1 N–H and O–H groups in total. The van der Waals surface area contributed by atoms with Crippen LogP contribution in [-0.2, 0) is 0 Å². The number of nitrogens with zero attached hydrogens (tertiary/aromatic N) is 2. The first kappa shape index (κ1) is 15.0. The zero-order valence-electron chi connectivity index (χ0n) is 12.3. The van der Waals surface area contributed by atoms with Gasteiger partial charge in [-0.15, -0.1) is 11.3 Å². The van der Waals surface area contributed by atoms with E-state index in [9.17, 15) is 0 Å². The summed E-state index contributed by atoms with van der Waals surface area (Å²) in [6.45, 7) is 13.0. The molecule has 3 nitrogen and oxygen atoms in total. The molecule has 1 aromatic rings. The van der Waals surface area contributed by atoms with E-state index in [1.54, 1.807) is 0 Å². The number of hydrogen-bond donors (Lipinski definition) is 1. The Morgan fingerprint density at radius 1 is 1.21 bits per heavy atom. The van der Waals surface area contributed by atoms with Crippen molar-refractivity contribution in [3.8, 4) is 0 Å². The van der Waals surface area contributed by atoms with Crippen molar-refractivity contribution in [3.05, 3.63) is 22.4 Å². The zero-order chi connectivity index (χ0) is 13.5. The van der Waals surface area contributed by atoms with Gasteiger partial charge in [0.1, 0.15) is 0 Å². The third-order valence-electron chi connectivity index (χ3n) is 3.85. The highest BCUT2D eigenvalue weighted by Gasteiger charge is 2.15. The summed E-state index contributed by atoms with van der Waals surface area (Å²) in [7, 11) is 0. The van der Waals surface area contributed by atoms with Crippen LogP contribution in [-0.4, -0.2) is 55.6 Å². The van der Waals surface area contributed by atoms with Crippen LogP contribution < -0.4 is 5.32 Å². The molecule has 4 heteroatoms. The number of thiophene rings is 1. The fourth-order valence-corrected chi connectivity index (χ4v) is 3.39. The van der Waals surface area contributed by atoms with Gasteiger partial charge >= 0.3 is 0 Å². The molecular weight excluding hydrogens is 254 g/mol. The molecule has 1 unspecified atom stereocenters. The first-order chi connectivity index (χ1) is 9.29. The Morgan fingerprint density at radius 3 is 2.47 bits per heavy atom. The maximum atomic E-state index is 3.62. The number of nitrogens with one attached hydrogen (secondary N) is 1. The van der Waals surface area contributed by atoms with E-state index < -0.39 is 0 Å². The summed E-state index contributed by atoms with van der Waals surface area (Å²) in [5, 5.41) is 5.78. The molecular formula is C15H27N3S. The summed E-state index contributed by atoms with van der Waals surface area (Å²) >= 11 is 1.84. The Balaban J connectivity index is 1.59. The Morgan fingerprint density at radius 2 is 1.89 bits per heavy atom. The van der Waals surface area contributed by atoms with Gasteiger partial charge in [-0.05, 0) is 31.3 Å². The highest BCUT2D eigenvalue weighted by Crippen LogP contribution is 2.17. The number of piperazine rings is 1. The van der Waals surface area contributed by atoms with Crippen LogP contribution in [0.3, 0.4) is 0 Å². The molecule has 0 amide bonds. The second-order valence-corrected chi connectivity index (χ2v) is 6.35. The molecule has 1 atom stereocenters. The maximum Gasteiger partial charge on any atom is 0.0386 e. The van der Waals surface area contributed by atoms with Gasteiger partial charge in [-0.1, -0.05) is 13.0 Å². The van der Waals surface area contributed by atoms with E-state index in [1.807, 2.05) is 11.3 Å². The average Bonchev–Trinajstić information content (AvgIpc) is 2.95. The zero-order valence-corrected chi connectivity index (χ0v) is 13.1. The van der Waals surface area contributed by atoms with Crippen molar-refractivity contribution in [2.45, 2.75) is 26.3 Å². The molecule has 0 radical (unpaired) electrons. The van der Waals surface area contributed by atoms with Gasteiger partial charge in [0.25, 0.3) is 0 Å². The van der Waals surface area contributed by atoms with Gasteiger partial charge < -0.3 is 10.2 Å². The van der Waals surface area contributed by atoms with Crippen molar-refractivity contribution >= 4 is 11.3 Å². The molecule has 1 aromatic heterocycles. The lowest BCUT2D eigenvalue weighted by molar-refractivity contribution is 0.132. The minimum atomic E-state index is 0.487. The Kier molecular flexibility index (Phi) is 6.31. The van der Waals surface area contributed by atoms with E-state index in [1.165, 1.54) is 50.6 Å². The minimum absolute atomic E-state index is 0.487. The summed E-state index contributed by atoms with van der Waals surface area (Å²) < 4.78 is 0. The molecule has 1 aliphatic rings. The van der Waals surface area contributed by atoms with Crippen LogP contribution in [0.4, 0.5) is 0 Å². The molecule has 0 saturated carbocycles. The lowest BCUT2D eigenvalue weighted by Crippen LogP contribution is -2.48. The van der Waals surface area contributed by atoms with E-state index in [2.05, 4.69) is 46.5 Å². The highest BCUT2D eigenvalue weighted by molar-refractivity contribution is 7.10. The number of hydrogen-bond acceptors (Lipinski definition) is 4. The van der Waals surface area contributed by atoms with Crippen LogP contribution in [0.5, 0.6) is 0 Å². The minimum Gasteiger partial charge on any atom is -0.308 e. The molecule has 2 heterocycles. The summed E-state index contributed by atoms with van der Waals surface area (Å²) in [6.07, 6.45) is 1.28. The molecule has 1 aliphatic heterocycles. The molecule has 1 saturated heterocycles. The van der Waals surface area contributed by atoms with Crippen LogP contribution >= 0.6 is 11.3 Å². The lowest BCUT2D eigenvalue weighted by atomic mass is 10.2. The fourth-order valence-electron chi connectivity index (χ4n) is 2.63. The predicted molar refractivity (Wildman–Crippen MR) is 83.9 cm³/mol. The molecule has 19 heavy (non-hydrogen) atoms. The van der Waals surface area contributed by atoms with Gasteiger partial charge in [0.05, 0.1) is 0 Å². The normalized spacial score (nSPS) is 19.7. The average molecular weight is 281 g/mol. The summed E-state index contributed by atoms with van der Waals surface area (Å²) in [5.74, 6) is 0. The second kappa shape index (κ2) is 8.00. The Labute approximate surface area is 121 Å². The summed E-state index contributed by atoms with van der Waals surface area (Å²) in [5.41, 5.74) is 0. The van der Waals surface area contributed by atoms with Crippen molar-refractivity contribution in [3.63, 3.8) is 0 Å². The predicted octanol–water partition coefficient (Wildman–Crippen LogP) is 2.43. The largest absolute Gasteiger partial charge is 0.308 e. The summed E-state index contributed by atoms with van der Waals surface area (Å²) in [6, 6.07) is 4.83. The van der Waals surface area contributed by atoms with Crippen LogP contribution in [0.15, 0.2) is 17.5 Å². The van der Waals surface area contributed by atoms with Gasteiger partial charge in [0, 0.05) is 50.2 Å². The van der Waals surface area contributed by atoms with Crippen LogP contribution in [0, 0.1) is 0 Å². The molecule has 0 aromatic carbocycles. The van der Waals surface area contributed by atoms with Crippen molar-refractivity contribution in [2.75, 3.05) is 45.8 Å². The second-order valence-electron chi connectivity index (χ2n) is 5.37. The molecule has 2 rings (SSSR count). The van der Waals surface area contributed by atoms with Crippen molar-refractivity contribution in [2.24, 2.45) is 0 Å². The van der Waals surface area contributed by atoms with Gasteiger partial charge in [-0.2, -0.15) is 0 Å². The van der Waals surface area contributed by atoms with Crippen LogP contribution in [0.2, 0.25) is 0 Å². The van der Waals surface area contributed by atoms with Gasteiger partial charge in [-0.25, -0.2) is 0 Å². The van der Waals surface area contributed by atoms with E-state index in [0.717, 1.165) is 6.54 Å². The van der Waals surface area contributed by atoms with E-state index >= 15 is 0 Å². The van der Waals surface area contributed by atoms with Crippen molar-refractivity contribution in [1.29, 1.82) is 0 Å². The standard InChI is InChI=1S/C15H27N3S/c1-3-7-17-9-11-18(12-10-17)8-6-16-14(2)15-5-4-13-19-15/h4-5,13-14,16H,3,6-12H2,1-2H3. The van der Waals surface area contributed by atoms with Gasteiger partial charge in [0.2, 0.25) is 0 Å². The first-order valence-electron chi connectivity index (χ1n) is 7.51.